The minimum Gasteiger partial charge on any atom is -0.389 e. The molecule has 0 aliphatic heterocycles. The fraction of sp³-hybridized carbons (Fsp3) is 0.476. The summed E-state index contributed by atoms with van der Waals surface area (Å²) in [6.45, 7) is 4.49. The Hall–Kier alpha value is -2.67. The second-order valence-electron chi connectivity index (χ2n) is 7.64. The zero-order valence-corrected chi connectivity index (χ0v) is 16.6. The van der Waals surface area contributed by atoms with E-state index < -0.39 is 6.10 Å². The number of aromatic nitrogens is 4. The van der Waals surface area contributed by atoms with Gasteiger partial charge in [0.15, 0.2) is 0 Å². The first kappa shape index (κ1) is 18.7. The van der Waals surface area contributed by atoms with Gasteiger partial charge in [0.25, 0.3) is 0 Å². The molecular formula is C21H27N5O2. The summed E-state index contributed by atoms with van der Waals surface area (Å²) in [7, 11) is 1.80. The summed E-state index contributed by atoms with van der Waals surface area (Å²) in [5, 5.41) is 10.8. The van der Waals surface area contributed by atoms with Gasteiger partial charge < -0.3 is 19.1 Å². The average Bonchev–Trinajstić information content (AvgIpc) is 3.35. The van der Waals surface area contributed by atoms with Crippen LogP contribution in [0.3, 0.4) is 0 Å². The van der Waals surface area contributed by atoms with Gasteiger partial charge in [0.05, 0.1) is 29.2 Å². The zero-order valence-electron chi connectivity index (χ0n) is 16.6. The largest absolute Gasteiger partial charge is 0.389 e. The van der Waals surface area contributed by atoms with Crippen molar-refractivity contribution in [2.45, 2.75) is 57.8 Å². The molecule has 0 unspecified atom stereocenters. The average molecular weight is 381 g/mol. The number of fused-ring (bicyclic) bond motifs is 1. The molecule has 0 saturated heterocycles. The van der Waals surface area contributed by atoms with Crippen molar-refractivity contribution in [3.05, 3.63) is 48.3 Å². The molecule has 7 heteroatoms. The maximum absolute atomic E-state index is 12.8. The van der Waals surface area contributed by atoms with Gasteiger partial charge in [-0.25, -0.2) is 9.97 Å². The Kier molecular flexibility index (Phi) is 4.93. The van der Waals surface area contributed by atoms with Gasteiger partial charge in [-0.15, -0.1) is 0 Å². The van der Waals surface area contributed by atoms with E-state index in [2.05, 4.69) is 14.5 Å². The minimum atomic E-state index is -0.585. The Morgan fingerprint density at radius 1 is 1.25 bits per heavy atom. The molecule has 0 bridgehead atoms. The van der Waals surface area contributed by atoms with E-state index >= 15 is 0 Å². The van der Waals surface area contributed by atoms with Crippen molar-refractivity contribution in [3.8, 4) is 0 Å². The first-order chi connectivity index (χ1) is 13.5. The zero-order chi connectivity index (χ0) is 19.8. The second-order valence-corrected chi connectivity index (χ2v) is 7.64. The molecule has 1 saturated carbocycles. The molecule has 4 rings (SSSR count). The van der Waals surface area contributed by atoms with Crippen LogP contribution in [0.2, 0.25) is 0 Å². The molecule has 3 aromatic rings. The number of carbonyl (C=O) groups is 1. The van der Waals surface area contributed by atoms with Crippen molar-refractivity contribution in [2.75, 3.05) is 7.05 Å². The maximum Gasteiger partial charge on any atom is 0.224 e. The van der Waals surface area contributed by atoms with Gasteiger partial charge in [0.1, 0.15) is 11.6 Å². The van der Waals surface area contributed by atoms with Crippen molar-refractivity contribution < 1.29 is 9.90 Å². The number of benzene rings is 1. The molecule has 0 radical (unpaired) electrons. The topological polar surface area (TPSA) is 76.2 Å². The number of para-hydroxylation sites is 2. The van der Waals surface area contributed by atoms with E-state index in [1.807, 2.05) is 48.9 Å². The molecule has 148 valence electrons. The molecule has 1 fully saturated rings. The molecule has 7 nitrogen and oxygen atoms in total. The fourth-order valence-corrected chi connectivity index (χ4v) is 4.45. The number of hydrogen-bond acceptors (Lipinski definition) is 4. The number of aryl methyl sites for hydroxylation is 3. The summed E-state index contributed by atoms with van der Waals surface area (Å²) in [6, 6.07) is 7.78. The summed E-state index contributed by atoms with van der Waals surface area (Å²) in [4.78, 5) is 23.4. The minimum absolute atomic E-state index is 0.0254. The van der Waals surface area contributed by atoms with E-state index in [1.54, 1.807) is 18.1 Å². The van der Waals surface area contributed by atoms with Crippen LogP contribution in [0.4, 0.5) is 0 Å². The van der Waals surface area contributed by atoms with Crippen molar-refractivity contribution >= 4 is 16.9 Å². The van der Waals surface area contributed by atoms with Crippen LogP contribution in [0, 0.1) is 13.8 Å². The number of aliphatic hydroxyl groups is 1. The van der Waals surface area contributed by atoms with Crippen LogP contribution >= 0.6 is 0 Å². The molecule has 1 aliphatic carbocycles. The highest BCUT2D eigenvalue weighted by molar-refractivity contribution is 5.78. The number of aliphatic hydroxyl groups excluding tert-OH is 1. The SMILES string of the molecule is Cc1nccn1[C@@H]1CC[C@@H](N(C)C(=O)CCn2c(C)nc3ccccc32)[C@H]1O. The lowest BCUT2D eigenvalue weighted by Gasteiger charge is -2.29. The molecule has 1 N–H and O–H groups in total. The van der Waals surface area contributed by atoms with E-state index in [1.165, 1.54) is 0 Å². The molecule has 0 spiro atoms. The van der Waals surface area contributed by atoms with Gasteiger partial charge in [-0.05, 0) is 38.8 Å². The van der Waals surface area contributed by atoms with Crippen LogP contribution in [-0.2, 0) is 11.3 Å². The third-order valence-electron chi connectivity index (χ3n) is 6.05. The van der Waals surface area contributed by atoms with Crippen molar-refractivity contribution in [1.82, 2.24) is 24.0 Å². The van der Waals surface area contributed by atoms with E-state index in [-0.39, 0.29) is 18.0 Å². The lowest BCUT2D eigenvalue weighted by molar-refractivity contribution is -0.134. The molecule has 2 aromatic heterocycles. The number of amides is 1. The summed E-state index contributed by atoms with van der Waals surface area (Å²) in [6.07, 6.45) is 5.08. The molecule has 1 amide bonds. The van der Waals surface area contributed by atoms with E-state index in [9.17, 15) is 9.90 Å². The standard InChI is InChI=1S/C21H27N5O2/c1-14-22-11-13-26(14)19-9-8-18(21(19)28)24(3)20(27)10-12-25-15(2)23-16-6-4-5-7-17(16)25/h4-7,11,13,18-19,21,28H,8-10,12H2,1-3H3/t18-,19-,21-/m1/s1. The fourth-order valence-electron chi connectivity index (χ4n) is 4.45. The Morgan fingerprint density at radius 2 is 2.04 bits per heavy atom. The van der Waals surface area contributed by atoms with Gasteiger partial charge in [0, 0.05) is 32.4 Å². The van der Waals surface area contributed by atoms with Crippen LogP contribution in [0.5, 0.6) is 0 Å². The highest BCUT2D eigenvalue weighted by atomic mass is 16.3. The Bertz CT molecular complexity index is 992. The van der Waals surface area contributed by atoms with Crippen LogP contribution in [-0.4, -0.2) is 54.2 Å². The number of rotatable bonds is 5. The first-order valence-corrected chi connectivity index (χ1v) is 9.82. The number of hydrogen-bond donors (Lipinski definition) is 1. The quantitative estimate of drug-likeness (QED) is 0.737. The third-order valence-corrected chi connectivity index (χ3v) is 6.05. The normalized spacial score (nSPS) is 22.1. The van der Waals surface area contributed by atoms with Gasteiger partial charge in [-0.3, -0.25) is 4.79 Å². The molecule has 28 heavy (non-hydrogen) atoms. The predicted octanol–water partition coefficient (Wildman–Crippen LogP) is 2.46. The number of nitrogens with zero attached hydrogens (tertiary/aromatic N) is 5. The van der Waals surface area contributed by atoms with Crippen molar-refractivity contribution in [2.24, 2.45) is 0 Å². The van der Waals surface area contributed by atoms with Gasteiger partial charge in [-0.2, -0.15) is 0 Å². The highest BCUT2D eigenvalue weighted by Gasteiger charge is 2.39. The number of imidazole rings is 2. The van der Waals surface area contributed by atoms with Gasteiger partial charge in [-0.1, -0.05) is 12.1 Å². The number of likely N-dealkylation sites (N-methyl/N-ethyl adjacent to an activating group) is 1. The molecule has 2 heterocycles. The predicted molar refractivity (Wildman–Crippen MR) is 107 cm³/mol. The highest BCUT2D eigenvalue weighted by Crippen LogP contribution is 2.34. The second kappa shape index (κ2) is 7.39. The Labute approximate surface area is 164 Å². The maximum atomic E-state index is 12.8. The van der Waals surface area contributed by atoms with Crippen LogP contribution in [0.25, 0.3) is 11.0 Å². The van der Waals surface area contributed by atoms with Crippen LogP contribution in [0.15, 0.2) is 36.7 Å². The lowest BCUT2D eigenvalue weighted by atomic mass is 10.1. The third kappa shape index (κ3) is 3.20. The molecule has 3 atom stereocenters. The smallest absolute Gasteiger partial charge is 0.224 e. The van der Waals surface area contributed by atoms with Crippen molar-refractivity contribution in [3.63, 3.8) is 0 Å². The number of carbonyl (C=O) groups excluding carboxylic acids is 1. The summed E-state index contributed by atoms with van der Waals surface area (Å²) < 4.78 is 4.10. The van der Waals surface area contributed by atoms with E-state index in [0.29, 0.717) is 13.0 Å². The van der Waals surface area contributed by atoms with Crippen LogP contribution < -0.4 is 0 Å². The molecule has 1 aromatic carbocycles. The molecular weight excluding hydrogens is 354 g/mol. The van der Waals surface area contributed by atoms with E-state index in [0.717, 1.165) is 35.5 Å². The monoisotopic (exact) mass is 381 g/mol. The van der Waals surface area contributed by atoms with Crippen molar-refractivity contribution in [1.29, 1.82) is 0 Å². The molecule has 1 aliphatic rings. The van der Waals surface area contributed by atoms with Gasteiger partial charge >= 0.3 is 0 Å². The van der Waals surface area contributed by atoms with E-state index in [4.69, 9.17) is 0 Å². The summed E-state index contributed by atoms with van der Waals surface area (Å²) in [5.74, 6) is 1.85. The Balaban J connectivity index is 1.42. The Morgan fingerprint density at radius 3 is 2.79 bits per heavy atom. The van der Waals surface area contributed by atoms with Gasteiger partial charge in [0.2, 0.25) is 5.91 Å². The van der Waals surface area contributed by atoms with Crippen LogP contribution in [0.1, 0.15) is 37.0 Å². The summed E-state index contributed by atoms with van der Waals surface area (Å²) in [5.41, 5.74) is 2.00. The summed E-state index contributed by atoms with van der Waals surface area (Å²) >= 11 is 0. The first-order valence-electron chi connectivity index (χ1n) is 9.82. The lowest BCUT2D eigenvalue weighted by Crippen LogP contribution is -2.43.